The molecule has 1 aromatic heterocycles. The molecular weight excluding hydrogens is 432 g/mol. The van der Waals surface area contributed by atoms with E-state index >= 15 is 0 Å². The highest BCUT2D eigenvalue weighted by atomic mass is 79.9. The number of hydrogen-bond acceptors (Lipinski definition) is 4. The van der Waals surface area contributed by atoms with Crippen LogP contribution in [0.25, 0.3) is 17.4 Å². The van der Waals surface area contributed by atoms with Crippen LogP contribution in [-0.4, -0.2) is 23.3 Å². The molecule has 0 saturated carbocycles. The van der Waals surface area contributed by atoms with Gasteiger partial charge in [-0.1, -0.05) is 47.8 Å². The van der Waals surface area contributed by atoms with Crippen molar-refractivity contribution in [2.75, 3.05) is 6.54 Å². The lowest BCUT2D eigenvalue weighted by atomic mass is 9.94. The molecule has 2 amide bonds. The van der Waals surface area contributed by atoms with Crippen molar-refractivity contribution in [3.8, 4) is 17.4 Å². The molecule has 0 N–H and O–H groups in total. The number of furan rings is 1. The fraction of sp³-hybridized carbons (Fsp3) is 0.261. The molecule has 6 heteroatoms. The van der Waals surface area contributed by atoms with Gasteiger partial charge in [0.2, 0.25) is 0 Å². The van der Waals surface area contributed by atoms with Gasteiger partial charge in [-0.25, -0.2) is 0 Å². The Labute approximate surface area is 178 Å². The first-order valence-corrected chi connectivity index (χ1v) is 10.3. The number of imide groups is 1. The largest absolute Gasteiger partial charge is 0.457 e. The third kappa shape index (κ3) is 4.41. The van der Waals surface area contributed by atoms with Gasteiger partial charge in [-0.2, -0.15) is 5.26 Å². The Morgan fingerprint density at radius 1 is 1.10 bits per heavy atom. The number of nitriles is 1. The Balaban J connectivity index is 1.95. The second-order valence-electron chi connectivity index (χ2n) is 6.85. The Morgan fingerprint density at radius 2 is 1.83 bits per heavy atom. The van der Waals surface area contributed by atoms with E-state index in [9.17, 15) is 14.9 Å². The normalized spacial score (nSPS) is 15.9. The molecule has 0 radical (unpaired) electrons. The topological polar surface area (TPSA) is 74.3 Å². The lowest BCUT2D eigenvalue weighted by Crippen LogP contribution is -2.43. The van der Waals surface area contributed by atoms with Crippen molar-refractivity contribution in [3.63, 3.8) is 0 Å². The maximum Gasteiger partial charge on any atom is 0.271 e. The number of carbonyl (C=O) groups is 2. The average molecular weight is 453 g/mol. The van der Waals surface area contributed by atoms with Gasteiger partial charge in [0.1, 0.15) is 23.2 Å². The fourth-order valence-electron chi connectivity index (χ4n) is 3.19. The Bertz CT molecular complexity index is 1040. The first-order chi connectivity index (χ1) is 14.0. The van der Waals surface area contributed by atoms with E-state index in [2.05, 4.69) is 22.9 Å². The summed E-state index contributed by atoms with van der Waals surface area (Å²) in [5, 5.41) is 9.45. The lowest BCUT2D eigenvalue weighted by Gasteiger charge is -2.27. The zero-order chi connectivity index (χ0) is 21.0. The van der Waals surface area contributed by atoms with Gasteiger partial charge in [0.05, 0.1) is 0 Å². The van der Waals surface area contributed by atoms with Crippen molar-refractivity contribution in [1.29, 1.82) is 5.26 Å². The molecule has 0 saturated heterocycles. The first kappa shape index (κ1) is 20.8. The zero-order valence-electron chi connectivity index (χ0n) is 16.4. The first-order valence-electron chi connectivity index (χ1n) is 9.51. The van der Waals surface area contributed by atoms with Crippen molar-refractivity contribution in [2.45, 2.75) is 33.1 Å². The summed E-state index contributed by atoms with van der Waals surface area (Å²) in [6.45, 7) is 3.99. The van der Waals surface area contributed by atoms with Crippen LogP contribution in [0.4, 0.5) is 0 Å². The van der Waals surface area contributed by atoms with Crippen molar-refractivity contribution in [1.82, 2.24) is 4.90 Å². The van der Waals surface area contributed by atoms with E-state index < -0.39 is 5.91 Å². The van der Waals surface area contributed by atoms with Gasteiger partial charge < -0.3 is 4.42 Å². The predicted octanol–water partition coefficient (Wildman–Crippen LogP) is 5.49. The molecule has 1 aliphatic heterocycles. The molecule has 5 nitrogen and oxygen atoms in total. The van der Waals surface area contributed by atoms with Crippen molar-refractivity contribution in [3.05, 3.63) is 63.4 Å². The Kier molecular flexibility index (Phi) is 6.50. The highest BCUT2D eigenvalue weighted by molar-refractivity contribution is 9.10. The Morgan fingerprint density at radius 3 is 2.48 bits per heavy atom. The van der Waals surface area contributed by atoms with Gasteiger partial charge in [0, 0.05) is 22.2 Å². The van der Waals surface area contributed by atoms with Crippen LogP contribution in [0.5, 0.6) is 0 Å². The van der Waals surface area contributed by atoms with E-state index in [1.54, 1.807) is 19.1 Å². The van der Waals surface area contributed by atoms with Crippen LogP contribution >= 0.6 is 15.9 Å². The summed E-state index contributed by atoms with van der Waals surface area (Å²) in [4.78, 5) is 26.7. The molecule has 3 rings (SSSR count). The molecule has 0 fully saturated rings. The summed E-state index contributed by atoms with van der Waals surface area (Å²) >= 11 is 3.41. The van der Waals surface area contributed by atoms with E-state index in [0.717, 1.165) is 22.9 Å². The van der Waals surface area contributed by atoms with E-state index in [0.29, 0.717) is 35.6 Å². The van der Waals surface area contributed by atoms with Crippen LogP contribution in [-0.2, 0) is 9.59 Å². The molecule has 0 unspecified atom stereocenters. The molecular formula is C23H21BrN2O3. The molecule has 0 spiro atoms. The SMILES string of the molecule is CCCCCN1C(=O)C(C#N)=C(C)/C(=C\c2ccc(-c3ccc(Br)cc3)o2)C1=O. The summed E-state index contributed by atoms with van der Waals surface area (Å²) in [6.07, 6.45) is 4.21. The molecule has 1 aliphatic rings. The maximum absolute atomic E-state index is 13.0. The van der Waals surface area contributed by atoms with Gasteiger partial charge in [0.25, 0.3) is 11.8 Å². The Hall–Kier alpha value is -2.91. The van der Waals surface area contributed by atoms with Crippen molar-refractivity contribution in [2.24, 2.45) is 0 Å². The van der Waals surface area contributed by atoms with Gasteiger partial charge >= 0.3 is 0 Å². The second-order valence-corrected chi connectivity index (χ2v) is 7.76. The number of halogens is 1. The van der Waals surface area contributed by atoms with E-state index in [1.807, 2.05) is 36.4 Å². The molecule has 2 heterocycles. The van der Waals surface area contributed by atoms with Crippen LogP contribution in [0.1, 0.15) is 38.9 Å². The molecule has 29 heavy (non-hydrogen) atoms. The van der Waals surface area contributed by atoms with E-state index in [4.69, 9.17) is 4.42 Å². The minimum Gasteiger partial charge on any atom is -0.457 e. The average Bonchev–Trinajstić information content (AvgIpc) is 3.17. The highest BCUT2D eigenvalue weighted by Crippen LogP contribution is 2.29. The molecule has 1 aromatic carbocycles. The number of amides is 2. The third-order valence-electron chi connectivity index (χ3n) is 4.85. The van der Waals surface area contributed by atoms with Crippen LogP contribution in [0.3, 0.4) is 0 Å². The van der Waals surface area contributed by atoms with Crippen LogP contribution in [0, 0.1) is 11.3 Å². The summed E-state index contributed by atoms with van der Waals surface area (Å²) in [6, 6.07) is 13.3. The quantitative estimate of drug-likeness (QED) is 0.329. The van der Waals surface area contributed by atoms with Crippen LogP contribution < -0.4 is 0 Å². The van der Waals surface area contributed by atoms with E-state index in [1.165, 1.54) is 4.90 Å². The van der Waals surface area contributed by atoms with E-state index in [-0.39, 0.29) is 11.5 Å². The molecule has 0 bridgehead atoms. The standard InChI is InChI=1S/C23H21BrN2O3/c1-3-4-5-12-26-22(27)19(15(2)20(14-25)23(26)28)13-18-10-11-21(29-18)16-6-8-17(24)9-7-16/h6-11,13H,3-5,12H2,1-2H3/b19-13+. The highest BCUT2D eigenvalue weighted by Gasteiger charge is 2.35. The van der Waals surface area contributed by atoms with Crippen LogP contribution in [0.2, 0.25) is 0 Å². The number of nitrogens with zero attached hydrogens (tertiary/aromatic N) is 2. The minimum absolute atomic E-state index is 0.00652. The monoisotopic (exact) mass is 452 g/mol. The molecule has 0 aliphatic carbocycles. The second kappa shape index (κ2) is 9.06. The van der Waals surface area contributed by atoms with Crippen molar-refractivity contribution < 1.29 is 14.0 Å². The number of unbranched alkanes of at least 4 members (excludes halogenated alkanes) is 2. The predicted molar refractivity (Wildman–Crippen MR) is 114 cm³/mol. The third-order valence-corrected chi connectivity index (χ3v) is 5.38. The van der Waals surface area contributed by atoms with Gasteiger partial charge in [-0.05, 0) is 49.3 Å². The molecule has 148 valence electrons. The summed E-state index contributed by atoms with van der Waals surface area (Å²) in [5.41, 5.74) is 1.62. The molecule has 0 atom stereocenters. The summed E-state index contributed by atoms with van der Waals surface area (Å²) in [7, 11) is 0. The minimum atomic E-state index is -0.516. The van der Waals surface area contributed by atoms with Crippen LogP contribution in [0.15, 0.2) is 62.0 Å². The number of benzene rings is 1. The number of rotatable bonds is 6. The zero-order valence-corrected chi connectivity index (χ0v) is 18.0. The fourth-order valence-corrected chi connectivity index (χ4v) is 3.46. The van der Waals surface area contributed by atoms with Gasteiger partial charge in [-0.15, -0.1) is 0 Å². The van der Waals surface area contributed by atoms with Gasteiger partial charge in [-0.3, -0.25) is 14.5 Å². The molecule has 2 aromatic rings. The maximum atomic E-state index is 13.0. The van der Waals surface area contributed by atoms with Crippen molar-refractivity contribution >= 4 is 33.8 Å². The lowest BCUT2D eigenvalue weighted by molar-refractivity contribution is -0.140. The van der Waals surface area contributed by atoms with Gasteiger partial charge in [0.15, 0.2) is 0 Å². The number of hydrogen-bond donors (Lipinski definition) is 0. The summed E-state index contributed by atoms with van der Waals surface area (Å²) < 4.78 is 6.86. The number of carbonyl (C=O) groups excluding carboxylic acids is 2. The summed E-state index contributed by atoms with van der Waals surface area (Å²) in [5.74, 6) is 0.263. The smallest absolute Gasteiger partial charge is 0.271 e.